The van der Waals surface area contributed by atoms with Gasteiger partial charge in [0.2, 0.25) is 5.95 Å². The summed E-state index contributed by atoms with van der Waals surface area (Å²) < 4.78 is 5.30. The average molecular weight is 357 g/mol. The van der Waals surface area contributed by atoms with E-state index >= 15 is 0 Å². The topological polar surface area (TPSA) is 85.1 Å². The minimum atomic E-state index is -0.368. The summed E-state index contributed by atoms with van der Waals surface area (Å²) in [7, 11) is 0. The van der Waals surface area contributed by atoms with Crippen molar-refractivity contribution in [3.63, 3.8) is 0 Å². The Hall–Kier alpha value is -3.80. The molecule has 132 valence electrons. The largest absolute Gasteiger partial charge is 0.423 e. The highest BCUT2D eigenvalue weighted by atomic mass is 16.4. The number of hydrogen-bond acceptors (Lipinski definition) is 5. The lowest BCUT2D eigenvalue weighted by Crippen LogP contribution is -2.13. The first kappa shape index (κ1) is 16.7. The van der Waals surface area contributed by atoms with Gasteiger partial charge in [0.15, 0.2) is 0 Å². The van der Waals surface area contributed by atoms with Gasteiger partial charge in [-0.15, -0.1) is 0 Å². The van der Waals surface area contributed by atoms with Crippen molar-refractivity contribution in [2.45, 2.75) is 6.92 Å². The maximum absolute atomic E-state index is 12.3. The second kappa shape index (κ2) is 6.84. The molecule has 0 aliphatic rings. The van der Waals surface area contributed by atoms with Crippen molar-refractivity contribution in [1.82, 2.24) is 9.97 Å². The first-order valence-corrected chi connectivity index (χ1v) is 8.33. The van der Waals surface area contributed by atoms with Gasteiger partial charge >= 0.3 is 5.63 Å². The molecule has 0 fully saturated rings. The van der Waals surface area contributed by atoms with Gasteiger partial charge in [0.1, 0.15) is 5.58 Å². The summed E-state index contributed by atoms with van der Waals surface area (Å²) in [5.74, 6) is -0.0283. The second-order valence-electron chi connectivity index (χ2n) is 6.06. The summed E-state index contributed by atoms with van der Waals surface area (Å²) in [5, 5.41) is 3.54. The van der Waals surface area contributed by atoms with E-state index in [2.05, 4.69) is 15.3 Å². The molecular formula is C21H15N3O3. The molecule has 1 amide bonds. The Morgan fingerprint density at radius 3 is 2.41 bits per heavy atom. The number of aryl methyl sites for hydroxylation is 1. The predicted molar refractivity (Wildman–Crippen MR) is 103 cm³/mol. The summed E-state index contributed by atoms with van der Waals surface area (Å²) in [5.41, 5.74) is 3.35. The number of benzene rings is 2. The van der Waals surface area contributed by atoms with E-state index in [0.717, 1.165) is 22.1 Å². The Bertz CT molecular complexity index is 1180. The number of nitrogens with zero attached hydrogens (tertiary/aromatic N) is 2. The highest BCUT2D eigenvalue weighted by molar-refractivity contribution is 6.03. The number of carbonyl (C=O) groups is 1. The van der Waals surface area contributed by atoms with Gasteiger partial charge in [-0.3, -0.25) is 10.1 Å². The van der Waals surface area contributed by atoms with Crippen LogP contribution in [0, 0.1) is 6.92 Å². The van der Waals surface area contributed by atoms with E-state index < -0.39 is 0 Å². The van der Waals surface area contributed by atoms with Crippen LogP contribution in [0.4, 0.5) is 5.95 Å². The number of fused-ring (bicyclic) bond motifs is 1. The van der Waals surface area contributed by atoms with E-state index in [9.17, 15) is 9.59 Å². The van der Waals surface area contributed by atoms with Crippen LogP contribution in [0.5, 0.6) is 0 Å². The number of amides is 1. The number of aromatic nitrogens is 2. The quantitative estimate of drug-likeness (QED) is 0.564. The zero-order valence-electron chi connectivity index (χ0n) is 14.5. The van der Waals surface area contributed by atoms with Crippen LogP contribution in [0.15, 0.2) is 76.2 Å². The smallest absolute Gasteiger partial charge is 0.336 e. The molecule has 4 aromatic rings. The van der Waals surface area contributed by atoms with Crippen molar-refractivity contribution in [3.8, 4) is 11.1 Å². The van der Waals surface area contributed by atoms with Crippen molar-refractivity contribution in [1.29, 1.82) is 0 Å². The number of carbonyl (C=O) groups excluding carboxylic acids is 1. The lowest BCUT2D eigenvalue weighted by molar-refractivity contribution is 0.102. The Balaban J connectivity index is 1.61. The van der Waals surface area contributed by atoms with Crippen molar-refractivity contribution in [3.05, 3.63) is 88.5 Å². The molecule has 0 radical (unpaired) electrons. The highest BCUT2D eigenvalue weighted by Crippen LogP contribution is 2.25. The van der Waals surface area contributed by atoms with Crippen molar-refractivity contribution in [2.75, 3.05) is 5.32 Å². The molecule has 0 saturated carbocycles. The zero-order chi connectivity index (χ0) is 18.8. The molecule has 0 aliphatic heterocycles. The minimum absolute atomic E-state index is 0.256. The monoisotopic (exact) mass is 357 g/mol. The normalized spacial score (nSPS) is 10.7. The number of hydrogen-bond donors (Lipinski definition) is 1. The second-order valence-corrected chi connectivity index (χ2v) is 6.06. The van der Waals surface area contributed by atoms with Gasteiger partial charge in [0.25, 0.3) is 5.91 Å². The van der Waals surface area contributed by atoms with Gasteiger partial charge in [-0.1, -0.05) is 24.3 Å². The molecule has 2 aromatic heterocycles. The predicted octanol–water partition coefficient (Wildman–Crippen LogP) is 3.81. The van der Waals surface area contributed by atoms with Gasteiger partial charge in [0, 0.05) is 29.4 Å². The Morgan fingerprint density at radius 2 is 1.67 bits per heavy atom. The van der Waals surface area contributed by atoms with Gasteiger partial charge in [-0.25, -0.2) is 14.8 Å². The highest BCUT2D eigenvalue weighted by Gasteiger charge is 2.09. The maximum Gasteiger partial charge on any atom is 0.336 e. The van der Waals surface area contributed by atoms with Gasteiger partial charge in [-0.05, 0) is 47.9 Å². The summed E-state index contributed by atoms with van der Waals surface area (Å²) in [6.07, 6.45) is 3.12. The third-order valence-corrected chi connectivity index (χ3v) is 4.22. The van der Waals surface area contributed by atoms with E-state index in [1.807, 2.05) is 37.3 Å². The Kier molecular flexibility index (Phi) is 4.22. The standard InChI is InChI=1S/C21H15N3O3/c1-13-11-19(25)27-18-12-16(7-8-17(13)18)14-3-5-15(6-4-14)20(26)24-21-22-9-2-10-23-21/h2-12H,1H3,(H,22,23,24,26). The fourth-order valence-electron chi connectivity index (χ4n) is 2.86. The molecule has 2 aromatic carbocycles. The first-order valence-electron chi connectivity index (χ1n) is 8.33. The molecule has 4 rings (SSSR count). The van der Waals surface area contributed by atoms with Gasteiger partial charge < -0.3 is 4.42 Å². The van der Waals surface area contributed by atoms with E-state index in [0.29, 0.717) is 11.1 Å². The van der Waals surface area contributed by atoms with Crippen molar-refractivity contribution >= 4 is 22.8 Å². The minimum Gasteiger partial charge on any atom is -0.423 e. The van der Waals surface area contributed by atoms with Crippen molar-refractivity contribution < 1.29 is 9.21 Å². The lowest BCUT2D eigenvalue weighted by Gasteiger charge is -2.07. The molecule has 0 aliphatic carbocycles. The molecule has 27 heavy (non-hydrogen) atoms. The maximum atomic E-state index is 12.3. The zero-order valence-corrected chi connectivity index (χ0v) is 14.5. The summed E-state index contributed by atoms with van der Waals surface area (Å²) in [6, 6.07) is 16.0. The molecule has 1 N–H and O–H groups in total. The molecular weight excluding hydrogens is 342 g/mol. The van der Waals surface area contributed by atoms with Crippen LogP contribution in [0.3, 0.4) is 0 Å². The van der Waals surface area contributed by atoms with Crippen LogP contribution in [-0.4, -0.2) is 15.9 Å². The lowest BCUT2D eigenvalue weighted by atomic mass is 10.0. The molecule has 6 nitrogen and oxygen atoms in total. The van der Waals surface area contributed by atoms with Crippen LogP contribution >= 0.6 is 0 Å². The Labute approximate surface area is 154 Å². The SMILES string of the molecule is Cc1cc(=O)oc2cc(-c3ccc(C(=O)Nc4ncccn4)cc3)ccc12. The summed E-state index contributed by atoms with van der Waals surface area (Å²) in [6.45, 7) is 1.88. The third kappa shape index (κ3) is 3.46. The van der Waals surface area contributed by atoms with E-state index in [1.165, 1.54) is 6.07 Å². The number of nitrogens with one attached hydrogen (secondary N) is 1. The van der Waals surface area contributed by atoms with Crippen LogP contribution < -0.4 is 10.9 Å². The summed E-state index contributed by atoms with van der Waals surface area (Å²) in [4.78, 5) is 31.8. The van der Waals surface area contributed by atoms with E-state index in [1.54, 1.807) is 30.6 Å². The molecule has 0 unspecified atom stereocenters. The fourth-order valence-corrected chi connectivity index (χ4v) is 2.86. The molecule has 2 heterocycles. The molecule has 0 spiro atoms. The van der Waals surface area contributed by atoms with Crippen molar-refractivity contribution in [2.24, 2.45) is 0 Å². The molecule has 6 heteroatoms. The number of rotatable bonds is 3. The van der Waals surface area contributed by atoms with E-state index in [4.69, 9.17) is 4.42 Å². The Morgan fingerprint density at radius 1 is 0.963 bits per heavy atom. The van der Waals surface area contributed by atoms with Crippen LogP contribution in [0.25, 0.3) is 22.1 Å². The average Bonchev–Trinajstić information content (AvgIpc) is 2.68. The van der Waals surface area contributed by atoms with Gasteiger partial charge in [-0.2, -0.15) is 0 Å². The first-order chi connectivity index (χ1) is 13.1. The fraction of sp³-hybridized carbons (Fsp3) is 0.0476. The molecule has 0 bridgehead atoms. The summed E-state index contributed by atoms with van der Waals surface area (Å²) >= 11 is 0. The van der Waals surface area contributed by atoms with Crippen LogP contribution in [-0.2, 0) is 0 Å². The molecule has 0 atom stereocenters. The number of anilines is 1. The van der Waals surface area contributed by atoms with Crippen LogP contribution in [0.1, 0.15) is 15.9 Å². The third-order valence-electron chi connectivity index (χ3n) is 4.22. The molecule has 0 saturated heterocycles. The van der Waals surface area contributed by atoms with Crippen LogP contribution in [0.2, 0.25) is 0 Å². The van der Waals surface area contributed by atoms with E-state index in [-0.39, 0.29) is 17.5 Å². The van der Waals surface area contributed by atoms with Gasteiger partial charge in [0.05, 0.1) is 0 Å².